The van der Waals surface area contributed by atoms with Gasteiger partial charge in [-0.3, -0.25) is 0 Å². The summed E-state index contributed by atoms with van der Waals surface area (Å²) in [4.78, 5) is 22.5. The minimum absolute atomic E-state index is 0.132. The van der Waals surface area contributed by atoms with Crippen LogP contribution < -0.4 is 0 Å². The first-order chi connectivity index (χ1) is 7.75. The van der Waals surface area contributed by atoms with E-state index >= 15 is 0 Å². The SMILES string of the molecule is CCOC(=O)C(C(=O)OCC)=C(C)C(F)(F)F. The molecule has 0 N–H and O–H groups in total. The lowest BCUT2D eigenvalue weighted by molar-refractivity contribution is -0.148. The first kappa shape index (κ1) is 15.5. The number of esters is 2. The van der Waals surface area contributed by atoms with Gasteiger partial charge in [0.15, 0.2) is 5.57 Å². The molecule has 0 saturated heterocycles. The van der Waals surface area contributed by atoms with Gasteiger partial charge < -0.3 is 9.47 Å². The van der Waals surface area contributed by atoms with Crippen molar-refractivity contribution in [2.45, 2.75) is 26.9 Å². The molecule has 0 aromatic rings. The van der Waals surface area contributed by atoms with Crippen molar-refractivity contribution in [1.82, 2.24) is 0 Å². The van der Waals surface area contributed by atoms with Gasteiger partial charge in [-0.2, -0.15) is 13.2 Å². The van der Waals surface area contributed by atoms with Gasteiger partial charge in [0, 0.05) is 0 Å². The lowest BCUT2D eigenvalue weighted by Gasteiger charge is -2.12. The minimum atomic E-state index is -4.78. The zero-order chi connectivity index (χ0) is 13.6. The molecule has 0 saturated carbocycles. The summed E-state index contributed by atoms with van der Waals surface area (Å²) in [6, 6.07) is 0. The Kier molecular flexibility index (Phi) is 5.70. The van der Waals surface area contributed by atoms with Crippen LogP contribution in [0.5, 0.6) is 0 Å². The van der Waals surface area contributed by atoms with Crippen LogP contribution in [0.1, 0.15) is 20.8 Å². The quantitative estimate of drug-likeness (QED) is 0.333. The van der Waals surface area contributed by atoms with Crippen molar-refractivity contribution < 1.29 is 32.2 Å². The Hall–Kier alpha value is -1.53. The normalized spacial score (nSPS) is 10.7. The maximum Gasteiger partial charge on any atom is 0.413 e. The van der Waals surface area contributed by atoms with E-state index < -0.39 is 29.3 Å². The Labute approximate surface area is 96.4 Å². The molecule has 0 atom stereocenters. The first-order valence-corrected chi connectivity index (χ1v) is 4.88. The van der Waals surface area contributed by atoms with E-state index in [1.807, 2.05) is 0 Å². The summed E-state index contributed by atoms with van der Waals surface area (Å²) in [5.41, 5.74) is -2.43. The van der Waals surface area contributed by atoms with Crippen LogP contribution in [0.2, 0.25) is 0 Å². The molecule has 0 aliphatic heterocycles. The van der Waals surface area contributed by atoms with Gasteiger partial charge in [0.05, 0.1) is 18.8 Å². The number of carbonyl (C=O) groups is 2. The van der Waals surface area contributed by atoms with Crippen LogP contribution in [0.3, 0.4) is 0 Å². The van der Waals surface area contributed by atoms with Gasteiger partial charge in [-0.05, 0) is 20.8 Å². The third kappa shape index (κ3) is 4.46. The lowest BCUT2D eigenvalue weighted by Crippen LogP contribution is -2.24. The molecule has 7 heteroatoms. The van der Waals surface area contributed by atoms with Crippen LogP contribution in [-0.4, -0.2) is 31.3 Å². The maximum absolute atomic E-state index is 12.4. The Balaban J connectivity index is 5.39. The summed E-state index contributed by atoms with van der Waals surface area (Å²) >= 11 is 0. The Morgan fingerprint density at radius 2 is 1.35 bits per heavy atom. The number of ether oxygens (including phenoxy) is 2. The van der Waals surface area contributed by atoms with Crippen LogP contribution in [0.25, 0.3) is 0 Å². The van der Waals surface area contributed by atoms with E-state index in [0.29, 0.717) is 6.92 Å². The van der Waals surface area contributed by atoms with Gasteiger partial charge in [-0.25, -0.2) is 9.59 Å². The van der Waals surface area contributed by atoms with Gasteiger partial charge in [0.2, 0.25) is 0 Å². The standard InChI is InChI=1S/C10H13F3O4/c1-4-16-8(14)7(9(15)17-5-2)6(3)10(11,12)13/h4-5H2,1-3H3. The fourth-order valence-electron chi connectivity index (χ4n) is 0.938. The molecular weight excluding hydrogens is 241 g/mol. The van der Waals surface area contributed by atoms with Gasteiger partial charge >= 0.3 is 18.1 Å². The molecule has 0 aliphatic carbocycles. The number of halogens is 3. The molecule has 0 rings (SSSR count). The summed E-state index contributed by atoms with van der Waals surface area (Å²) in [7, 11) is 0. The first-order valence-electron chi connectivity index (χ1n) is 4.88. The molecular formula is C10H13F3O4. The van der Waals surface area contributed by atoms with E-state index in [1.165, 1.54) is 13.8 Å². The number of carbonyl (C=O) groups excluding carboxylic acids is 2. The van der Waals surface area contributed by atoms with E-state index in [2.05, 4.69) is 9.47 Å². The molecule has 4 nitrogen and oxygen atoms in total. The maximum atomic E-state index is 12.4. The van der Waals surface area contributed by atoms with E-state index in [9.17, 15) is 22.8 Å². The summed E-state index contributed by atoms with van der Waals surface area (Å²) in [5, 5.41) is 0. The molecule has 17 heavy (non-hydrogen) atoms. The van der Waals surface area contributed by atoms with Crippen LogP contribution in [0, 0.1) is 0 Å². The molecule has 0 aromatic carbocycles. The second kappa shape index (κ2) is 6.27. The molecule has 0 spiro atoms. The fourth-order valence-corrected chi connectivity index (χ4v) is 0.938. The van der Waals surface area contributed by atoms with Crippen molar-refractivity contribution >= 4 is 11.9 Å². The molecule has 0 fully saturated rings. The molecule has 98 valence electrons. The number of allylic oxidation sites excluding steroid dienone is 1. The van der Waals surface area contributed by atoms with Crippen molar-refractivity contribution in [1.29, 1.82) is 0 Å². The van der Waals surface area contributed by atoms with Crippen molar-refractivity contribution in [3.8, 4) is 0 Å². The summed E-state index contributed by atoms with van der Waals surface area (Å²) in [5.74, 6) is -2.67. The average molecular weight is 254 g/mol. The highest BCUT2D eigenvalue weighted by molar-refractivity contribution is 6.14. The highest BCUT2D eigenvalue weighted by Gasteiger charge is 2.38. The predicted molar refractivity (Wildman–Crippen MR) is 52.0 cm³/mol. The van der Waals surface area contributed by atoms with Crippen molar-refractivity contribution in [3.63, 3.8) is 0 Å². The topological polar surface area (TPSA) is 52.6 Å². The minimum Gasteiger partial charge on any atom is -0.462 e. The summed E-state index contributed by atoms with van der Waals surface area (Å²) in [6.45, 7) is 3.20. The number of hydrogen-bond acceptors (Lipinski definition) is 4. The molecule has 0 bridgehead atoms. The molecule has 0 radical (unpaired) electrons. The lowest BCUT2D eigenvalue weighted by atomic mass is 10.1. The van der Waals surface area contributed by atoms with Crippen LogP contribution in [-0.2, 0) is 19.1 Å². The molecule has 0 aliphatic rings. The zero-order valence-electron chi connectivity index (χ0n) is 9.68. The number of rotatable bonds is 4. The van der Waals surface area contributed by atoms with E-state index in [4.69, 9.17) is 0 Å². The highest BCUT2D eigenvalue weighted by atomic mass is 19.4. The Morgan fingerprint density at radius 1 is 1.00 bits per heavy atom. The smallest absolute Gasteiger partial charge is 0.413 e. The molecule has 0 aromatic heterocycles. The van der Waals surface area contributed by atoms with Crippen LogP contribution in [0.15, 0.2) is 11.1 Å². The van der Waals surface area contributed by atoms with Gasteiger partial charge in [-0.1, -0.05) is 0 Å². The van der Waals surface area contributed by atoms with Crippen molar-refractivity contribution in [3.05, 3.63) is 11.1 Å². The third-order valence-electron chi connectivity index (χ3n) is 1.76. The zero-order valence-corrected chi connectivity index (χ0v) is 9.68. The van der Waals surface area contributed by atoms with E-state index in [0.717, 1.165) is 0 Å². The predicted octanol–water partition coefficient (Wildman–Crippen LogP) is 1.99. The average Bonchev–Trinajstić information content (AvgIpc) is 2.17. The third-order valence-corrected chi connectivity index (χ3v) is 1.76. The van der Waals surface area contributed by atoms with Gasteiger partial charge in [0.1, 0.15) is 0 Å². The summed E-state index contributed by atoms with van der Waals surface area (Å²) < 4.78 is 46.1. The largest absolute Gasteiger partial charge is 0.462 e. The van der Waals surface area contributed by atoms with E-state index in [-0.39, 0.29) is 13.2 Å². The van der Waals surface area contributed by atoms with E-state index in [1.54, 1.807) is 0 Å². The van der Waals surface area contributed by atoms with Crippen molar-refractivity contribution in [2.75, 3.05) is 13.2 Å². The summed E-state index contributed by atoms with van der Waals surface area (Å²) in [6.07, 6.45) is -4.78. The second-order valence-corrected chi connectivity index (χ2v) is 2.94. The monoisotopic (exact) mass is 254 g/mol. The van der Waals surface area contributed by atoms with Crippen molar-refractivity contribution in [2.24, 2.45) is 0 Å². The highest BCUT2D eigenvalue weighted by Crippen LogP contribution is 2.28. The van der Waals surface area contributed by atoms with Gasteiger partial charge in [0.25, 0.3) is 0 Å². The fraction of sp³-hybridized carbons (Fsp3) is 0.600. The molecule has 0 heterocycles. The second-order valence-electron chi connectivity index (χ2n) is 2.94. The Morgan fingerprint density at radius 3 is 1.59 bits per heavy atom. The van der Waals surface area contributed by atoms with Crippen LogP contribution in [0.4, 0.5) is 13.2 Å². The number of alkyl halides is 3. The number of hydrogen-bond donors (Lipinski definition) is 0. The molecule has 0 amide bonds. The molecule has 0 unspecified atom stereocenters. The van der Waals surface area contributed by atoms with Crippen LogP contribution >= 0.6 is 0 Å². The van der Waals surface area contributed by atoms with Gasteiger partial charge in [-0.15, -0.1) is 0 Å². The Bertz CT molecular complexity index is 311.